The Hall–Kier alpha value is -3.80. The van der Waals surface area contributed by atoms with Crippen molar-refractivity contribution in [2.75, 3.05) is 18.1 Å². The van der Waals surface area contributed by atoms with Crippen LogP contribution in [0.4, 0.5) is 5.69 Å². The maximum atomic E-state index is 13.2. The number of carbonyl (C=O) groups is 2. The minimum absolute atomic E-state index is 0.172. The molecule has 0 fully saturated rings. The van der Waals surface area contributed by atoms with Crippen LogP contribution < -0.4 is 14.4 Å². The Morgan fingerprint density at radius 2 is 1.32 bits per heavy atom. The molecule has 0 saturated carbocycles. The lowest BCUT2D eigenvalue weighted by Crippen LogP contribution is -2.36. The van der Waals surface area contributed by atoms with Crippen molar-refractivity contribution in [3.05, 3.63) is 84.4 Å². The number of aliphatic carboxylic acids is 1. The lowest BCUT2D eigenvalue weighted by atomic mass is 10.1. The highest BCUT2D eigenvalue weighted by Gasteiger charge is 2.22. The van der Waals surface area contributed by atoms with Crippen molar-refractivity contribution in [3.63, 3.8) is 0 Å². The minimum Gasteiger partial charge on any atom is -0.494 e. The number of anilines is 1. The van der Waals surface area contributed by atoms with Gasteiger partial charge in [0.05, 0.1) is 12.3 Å². The van der Waals surface area contributed by atoms with E-state index < -0.39 is 12.5 Å². The van der Waals surface area contributed by atoms with E-state index in [2.05, 4.69) is 6.92 Å². The Bertz CT molecular complexity index is 1160. The molecule has 0 aliphatic heterocycles. The Balaban J connectivity index is 1.44. The summed E-state index contributed by atoms with van der Waals surface area (Å²) in [5, 5.41) is 9.52. The molecule has 0 aliphatic rings. The van der Waals surface area contributed by atoms with E-state index in [0.717, 1.165) is 17.7 Å². The third kappa shape index (κ3) is 12.1. The lowest BCUT2D eigenvalue weighted by Gasteiger charge is -2.23. The molecule has 0 radical (unpaired) electrons. The number of nitrogens with zero attached hydrogens (tertiary/aromatic N) is 1. The first kappa shape index (κ1) is 31.7. The van der Waals surface area contributed by atoms with Crippen LogP contribution in [0.3, 0.4) is 0 Å². The summed E-state index contributed by atoms with van der Waals surface area (Å²) in [6.45, 7) is 2.52. The summed E-state index contributed by atoms with van der Waals surface area (Å²) in [7, 11) is 0. The van der Waals surface area contributed by atoms with Crippen LogP contribution in [-0.4, -0.2) is 30.1 Å². The summed E-state index contributed by atoms with van der Waals surface area (Å²) < 4.78 is 11.9. The standard InChI is InChI=1S/C35H45NO5/c1-2-3-4-5-6-7-8-9-10-16-27-40-30-24-21-29(22-25-30)23-26-34(37)36(28-35(38)39)32-19-14-15-20-33(32)41-31-17-12-11-13-18-31/h11-15,17-22,24-25H,2-10,16,23,26-28H2,1H3,(H,38,39). The number of unbranched alkanes of at least 4 members (excludes halogenated alkanes) is 9. The van der Waals surface area contributed by atoms with Crippen molar-refractivity contribution in [3.8, 4) is 17.2 Å². The van der Waals surface area contributed by atoms with Gasteiger partial charge < -0.3 is 14.6 Å². The van der Waals surface area contributed by atoms with Crippen LogP contribution in [-0.2, 0) is 16.0 Å². The molecule has 0 bridgehead atoms. The first-order chi connectivity index (χ1) is 20.1. The fourth-order valence-electron chi connectivity index (χ4n) is 4.74. The third-order valence-electron chi connectivity index (χ3n) is 7.04. The molecular formula is C35H45NO5. The molecule has 0 aliphatic carbocycles. The largest absolute Gasteiger partial charge is 0.494 e. The lowest BCUT2D eigenvalue weighted by molar-refractivity contribution is -0.136. The fraction of sp³-hybridized carbons (Fsp3) is 0.429. The second-order valence-electron chi connectivity index (χ2n) is 10.4. The number of hydrogen-bond acceptors (Lipinski definition) is 4. The fourth-order valence-corrected chi connectivity index (χ4v) is 4.74. The van der Waals surface area contributed by atoms with Crippen LogP contribution in [0.5, 0.6) is 17.2 Å². The average molecular weight is 560 g/mol. The van der Waals surface area contributed by atoms with E-state index in [1.165, 1.54) is 62.7 Å². The van der Waals surface area contributed by atoms with Crippen LogP contribution in [0.2, 0.25) is 0 Å². The minimum atomic E-state index is -1.09. The number of carboxylic acids is 1. The summed E-state index contributed by atoms with van der Waals surface area (Å²) >= 11 is 0. The number of aryl methyl sites for hydroxylation is 1. The molecular weight excluding hydrogens is 514 g/mol. The normalized spacial score (nSPS) is 10.8. The van der Waals surface area contributed by atoms with Crippen molar-refractivity contribution in [2.24, 2.45) is 0 Å². The molecule has 0 spiro atoms. The van der Waals surface area contributed by atoms with Crippen LogP contribution in [0, 0.1) is 0 Å². The molecule has 0 heterocycles. The number of benzene rings is 3. The number of para-hydroxylation sites is 3. The molecule has 3 aromatic carbocycles. The van der Waals surface area contributed by atoms with Gasteiger partial charge in [-0.3, -0.25) is 14.5 Å². The van der Waals surface area contributed by atoms with E-state index in [9.17, 15) is 14.7 Å². The molecule has 0 unspecified atom stereocenters. The number of carbonyl (C=O) groups excluding carboxylic acids is 1. The van der Waals surface area contributed by atoms with Gasteiger partial charge in [0, 0.05) is 6.42 Å². The molecule has 41 heavy (non-hydrogen) atoms. The van der Waals surface area contributed by atoms with Crippen molar-refractivity contribution in [1.29, 1.82) is 0 Å². The first-order valence-corrected chi connectivity index (χ1v) is 15.1. The summed E-state index contributed by atoms with van der Waals surface area (Å²) in [5.41, 5.74) is 1.42. The highest BCUT2D eigenvalue weighted by atomic mass is 16.5. The second kappa shape index (κ2) is 18.5. The van der Waals surface area contributed by atoms with Gasteiger partial charge in [-0.25, -0.2) is 0 Å². The van der Waals surface area contributed by atoms with E-state index >= 15 is 0 Å². The van der Waals surface area contributed by atoms with Gasteiger partial charge in [-0.15, -0.1) is 0 Å². The van der Waals surface area contributed by atoms with Crippen LogP contribution in [0.15, 0.2) is 78.9 Å². The maximum absolute atomic E-state index is 13.2. The summed E-state index contributed by atoms with van der Waals surface area (Å²) in [6, 6.07) is 24.0. The molecule has 0 atom stereocenters. The number of amides is 1. The molecule has 6 nitrogen and oxygen atoms in total. The Morgan fingerprint density at radius 3 is 1.98 bits per heavy atom. The van der Waals surface area contributed by atoms with Gasteiger partial charge in [-0.2, -0.15) is 0 Å². The topological polar surface area (TPSA) is 76.1 Å². The third-order valence-corrected chi connectivity index (χ3v) is 7.04. The maximum Gasteiger partial charge on any atom is 0.323 e. The monoisotopic (exact) mass is 559 g/mol. The number of hydrogen-bond donors (Lipinski definition) is 1. The first-order valence-electron chi connectivity index (χ1n) is 15.1. The molecule has 220 valence electrons. The van der Waals surface area contributed by atoms with Crippen LogP contribution >= 0.6 is 0 Å². The van der Waals surface area contributed by atoms with Crippen LogP contribution in [0.1, 0.15) is 83.1 Å². The van der Waals surface area contributed by atoms with Gasteiger partial charge in [0.2, 0.25) is 5.91 Å². The zero-order chi connectivity index (χ0) is 29.1. The quantitative estimate of drug-likeness (QED) is 0.140. The van der Waals surface area contributed by atoms with Gasteiger partial charge in [-0.05, 0) is 54.8 Å². The molecule has 0 aromatic heterocycles. The molecule has 1 amide bonds. The predicted molar refractivity (Wildman–Crippen MR) is 165 cm³/mol. The smallest absolute Gasteiger partial charge is 0.323 e. The average Bonchev–Trinajstić information content (AvgIpc) is 2.99. The number of carboxylic acid groups (broad SMARTS) is 1. The van der Waals surface area contributed by atoms with E-state index in [1.54, 1.807) is 24.3 Å². The van der Waals surface area contributed by atoms with Crippen molar-refractivity contribution >= 4 is 17.6 Å². The summed E-state index contributed by atoms with van der Waals surface area (Å²) in [6.07, 6.45) is 13.6. The van der Waals surface area contributed by atoms with E-state index in [1.807, 2.05) is 54.6 Å². The van der Waals surface area contributed by atoms with E-state index in [0.29, 0.717) is 30.2 Å². The molecule has 3 rings (SSSR count). The highest BCUT2D eigenvalue weighted by molar-refractivity contribution is 5.98. The predicted octanol–water partition coefficient (Wildman–Crippen LogP) is 8.83. The Labute approximate surface area is 245 Å². The highest BCUT2D eigenvalue weighted by Crippen LogP contribution is 2.32. The van der Waals surface area contributed by atoms with Gasteiger partial charge in [0.25, 0.3) is 0 Å². The van der Waals surface area contributed by atoms with Gasteiger partial charge in [0.1, 0.15) is 18.0 Å². The van der Waals surface area contributed by atoms with Crippen molar-refractivity contribution < 1.29 is 24.2 Å². The molecule has 0 saturated heterocycles. The molecule has 1 N–H and O–H groups in total. The molecule has 3 aromatic rings. The van der Waals surface area contributed by atoms with E-state index in [4.69, 9.17) is 9.47 Å². The number of rotatable bonds is 20. The van der Waals surface area contributed by atoms with Gasteiger partial charge in [-0.1, -0.05) is 107 Å². The van der Waals surface area contributed by atoms with E-state index in [-0.39, 0.29) is 12.3 Å². The van der Waals surface area contributed by atoms with Crippen LogP contribution in [0.25, 0.3) is 0 Å². The Morgan fingerprint density at radius 1 is 0.707 bits per heavy atom. The SMILES string of the molecule is CCCCCCCCCCCCOc1ccc(CCC(=O)N(CC(=O)O)c2ccccc2Oc2ccccc2)cc1. The van der Waals surface area contributed by atoms with Crippen molar-refractivity contribution in [2.45, 2.75) is 84.0 Å². The van der Waals surface area contributed by atoms with Gasteiger partial charge >= 0.3 is 5.97 Å². The zero-order valence-electron chi connectivity index (χ0n) is 24.4. The summed E-state index contributed by atoms with van der Waals surface area (Å²) in [5.74, 6) is 0.500. The van der Waals surface area contributed by atoms with Gasteiger partial charge in [0.15, 0.2) is 5.75 Å². The van der Waals surface area contributed by atoms with Crippen molar-refractivity contribution in [1.82, 2.24) is 0 Å². The molecule has 6 heteroatoms. The Kier molecular flexibility index (Phi) is 14.3. The zero-order valence-corrected chi connectivity index (χ0v) is 24.4. The number of ether oxygens (including phenoxy) is 2. The summed E-state index contributed by atoms with van der Waals surface area (Å²) in [4.78, 5) is 26.2. The second-order valence-corrected chi connectivity index (χ2v) is 10.4.